The Balaban J connectivity index is 1.91. The maximum absolute atomic E-state index is 11.9. The maximum atomic E-state index is 11.9. The van der Waals surface area contributed by atoms with Crippen molar-refractivity contribution in [1.82, 2.24) is 9.80 Å². The minimum atomic E-state index is -1.05. The number of ether oxygens (including phenoxy) is 1. The molecule has 1 heterocycles. The van der Waals surface area contributed by atoms with Gasteiger partial charge in [-0.15, -0.1) is 0 Å². The third-order valence-corrected chi connectivity index (χ3v) is 4.66. The van der Waals surface area contributed by atoms with Gasteiger partial charge >= 0.3 is 0 Å². The average Bonchev–Trinajstić information content (AvgIpc) is 2.61. The van der Waals surface area contributed by atoms with Crippen LogP contribution in [0.25, 0.3) is 0 Å². The number of hydrogen-bond donors (Lipinski definition) is 1. The van der Waals surface area contributed by atoms with Crippen LogP contribution in [0.4, 0.5) is 0 Å². The smallest absolute Gasteiger partial charge is 0.225 e. The molecule has 2 rings (SSSR count). The molecule has 0 spiro atoms. The molecule has 0 bridgehead atoms. The van der Waals surface area contributed by atoms with Gasteiger partial charge in [-0.1, -0.05) is 19.3 Å². The molecule has 0 aromatic carbocycles. The van der Waals surface area contributed by atoms with E-state index in [2.05, 4.69) is 4.90 Å². The van der Waals surface area contributed by atoms with E-state index in [0.717, 1.165) is 19.0 Å². The zero-order chi connectivity index (χ0) is 15.3. The van der Waals surface area contributed by atoms with Crippen molar-refractivity contribution in [2.24, 2.45) is 5.92 Å². The maximum Gasteiger partial charge on any atom is 0.225 e. The zero-order valence-electron chi connectivity index (χ0n) is 13.5. The van der Waals surface area contributed by atoms with Crippen LogP contribution in [0.3, 0.4) is 0 Å². The molecule has 2 fully saturated rings. The summed E-state index contributed by atoms with van der Waals surface area (Å²) in [6, 6.07) is 0. The predicted molar refractivity (Wildman–Crippen MR) is 82.1 cm³/mol. The lowest BCUT2D eigenvalue weighted by atomic mass is 9.88. The second kappa shape index (κ2) is 7.56. The van der Waals surface area contributed by atoms with E-state index in [1.807, 2.05) is 0 Å². The summed E-state index contributed by atoms with van der Waals surface area (Å²) in [4.78, 5) is 15.8. The molecular weight excluding hydrogens is 268 g/mol. The number of β-amino-alcohol motifs (C(OH)–C–C–N with tert-alkyl or cyclic N) is 1. The minimum absolute atomic E-state index is 0.0411. The highest BCUT2D eigenvalue weighted by atomic mass is 16.5. The number of aliphatic hydroxyl groups is 1. The molecule has 1 saturated carbocycles. The molecule has 5 nitrogen and oxygen atoms in total. The Hall–Kier alpha value is -0.650. The topological polar surface area (TPSA) is 53.0 Å². The number of rotatable bonds is 4. The summed E-state index contributed by atoms with van der Waals surface area (Å²) in [5, 5.41) is 10.8. The first-order valence-electron chi connectivity index (χ1n) is 8.21. The molecule has 1 saturated heterocycles. The van der Waals surface area contributed by atoms with Crippen LogP contribution in [0.1, 0.15) is 38.5 Å². The summed E-state index contributed by atoms with van der Waals surface area (Å²) in [6.45, 7) is 3.33. The molecule has 1 atom stereocenters. The van der Waals surface area contributed by atoms with Crippen molar-refractivity contribution >= 4 is 5.91 Å². The molecule has 0 unspecified atom stereocenters. The Labute approximate surface area is 128 Å². The molecule has 2 aliphatic rings. The highest BCUT2D eigenvalue weighted by Crippen LogP contribution is 2.26. The van der Waals surface area contributed by atoms with E-state index in [4.69, 9.17) is 4.74 Å². The molecule has 1 aliphatic heterocycles. The first kappa shape index (κ1) is 16.7. The molecule has 21 heavy (non-hydrogen) atoms. The lowest BCUT2D eigenvalue weighted by molar-refractivity contribution is -0.136. The van der Waals surface area contributed by atoms with Crippen LogP contribution >= 0.6 is 0 Å². The summed E-state index contributed by atoms with van der Waals surface area (Å²) in [5.74, 6) is 0.700. The second-order valence-corrected chi connectivity index (χ2v) is 6.98. The van der Waals surface area contributed by atoms with E-state index in [1.165, 1.54) is 37.0 Å². The fourth-order valence-corrected chi connectivity index (χ4v) is 3.43. The van der Waals surface area contributed by atoms with Gasteiger partial charge in [-0.3, -0.25) is 9.69 Å². The Bertz CT molecular complexity index is 342. The van der Waals surface area contributed by atoms with E-state index in [1.54, 1.807) is 14.1 Å². The number of amides is 1. The fourth-order valence-electron chi connectivity index (χ4n) is 3.43. The first-order chi connectivity index (χ1) is 9.98. The third kappa shape index (κ3) is 5.24. The summed E-state index contributed by atoms with van der Waals surface area (Å²) in [7, 11) is 3.45. The van der Waals surface area contributed by atoms with Gasteiger partial charge in [0.2, 0.25) is 5.91 Å². The van der Waals surface area contributed by atoms with Gasteiger partial charge in [-0.2, -0.15) is 0 Å². The summed E-state index contributed by atoms with van der Waals surface area (Å²) in [6.07, 6.45) is 6.76. The lowest BCUT2D eigenvalue weighted by Crippen LogP contribution is -2.48. The number of carbonyl (C=O) groups is 1. The van der Waals surface area contributed by atoms with Crippen LogP contribution in [-0.4, -0.2) is 73.4 Å². The monoisotopic (exact) mass is 298 g/mol. The van der Waals surface area contributed by atoms with Gasteiger partial charge in [0.1, 0.15) is 5.60 Å². The fraction of sp³-hybridized carbons (Fsp3) is 0.938. The van der Waals surface area contributed by atoms with Crippen molar-refractivity contribution in [3.63, 3.8) is 0 Å². The van der Waals surface area contributed by atoms with E-state index in [-0.39, 0.29) is 18.9 Å². The van der Waals surface area contributed by atoms with E-state index in [0.29, 0.717) is 13.2 Å². The van der Waals surface area contributed by atoms with Gasteiger partial charge in [0.15, 0.2) is 0 Å². The summed E-state index contributed by atoms with van der Waals surface area (Å²) < 4.78 is 5.55. The molecular formula is C16H30N2O3. The summed E-state index contributed by atoms with van der Waals surface area (Å²) >= 11 is 0. The van der Waals surface area contributed by atoms with Gasteiger partial charge in [0.05, 0.1) is 19.6 Å². The quantitative estimate of drug-likeness (QED) is 0.845. The van der Waals surface area contributed by atoms with Crippen molar-refractivity contribution in [3.8, 4) is 0 Å². The Kier molecular flexibility index (Phi) is 6.02. The molecule has 122 valence electrons. The van der Waals surface area contributed by atoms with Crippen molar-refractivity contribution < 1.29 is 14.6 Å². The van der Waals surface area contributed by atoms with Gasteiger partial charge < -0.3 is 14.7 Å². The highest BCUT2D eigenvalue weighted by Gasteiger charge is 2.35. The number of nitrogens with zero attached hydrogens (tertiary/aromatic N) is 2. The van der Waals surface area contributed by atoms with Gasteiger partial charge in [-0.05, 0) is 18.8 Å². The molecule has 0 aromatic heterocycles. The Morgan fingerprint density at radius 3 is 2.71 bits per heavy atom. The van der Waals surface area contributed by atoms with Crippen molar-refractivity contribution in [1.29, 1.82) is 0 Å². The highest BCUT2D eigenvalue weighted by molar-refractivity contribution is 5.76. The summed E-state index contributed by atoms with van der Waals surface area (Å²) in [5.41, 5.74) is -1.05. The van der Waals surface area contributed by atoms with Crippen LogP contribution in [0, 0.1) is 5.92 Å². The largest absolute Gasteiger partial charge is 0.386 e. The van der Waals surface area contributed by atoms with E-state index < -0.39 is 5.60 Å². The SMILES string of the molecule is CN(C)C(=O)C[C@]1(O)COCCN(CC2CCCCC2)C1. The van der Waals surface area contributed by atoms with Crippen LogP contribution < -0.4 is 0 Å². The third-order valence-electron chi connectivity index (χ3n) is 4.66. The van der Waals surface area contributed by atoms with Crippen LogP contribution in [0.2, 0.25) is 0 Å². The normalized spacial score (nSPS) is 29.1. The molecule has 1 N–H and O–H groups in total. The van der Waals surface area contributed by atoms with Gasteiger partial charge in [-0.25, -0.2) is 0 Å². The van der Waals surface area contributed by atoms with Gasteiger partial charge in [0.25, 0.3) is 0 Å². The lowest BCUT2D eigenvalue weighted by Gasteiger charge is -2.34. The second-order valence-electron chi connectivity index (χ2n) is 6.98. The number of carbonyl (C=O) groups excluding carboxylic acids is 1. The van der Waals surface area contributed by atoms with Crippen LogP contribution in [0.5, 0.6) is 0 Å². The molecule has 0 aromatic rings. The van der Waals surface area contributed by atoms with E-state index >= 15 is 0 Å². The standard InChI is InChI=1S/C16H30N2O3/c1-17(2)15(19)10-16(20)12-18(8-9-21-13-16)11-14-6-4-3-5-7-14/h14,20H,3-13H2,1-2H3/t16-/m1/s1. The van der Waals surface area contributed by atoms with Crippen LogP contribution in [-0.2, 0) is 9.53 Å². The minimum Gasteiger partial charge on any atom is -0.386 e. The molecule has 1 aliphatic carbocycles. The Morgan fingerprint density at radius 2 is 2.05 bits per heavy atom. The Morgan fingerprint density at radius 1 is 1.33 bits per heavy atom. The molecule has 0 radical (unpaired) electrons. The van der Waals surface area contributed by atoms with Gasteiger partial charge in [0, 0.05) is 33.7 Å². The molecule has 5 heteroatoms. The van der Waals surface area contributed by atoms with E-state index in [9.17, 15) is 9.90 Å². The van der Waals surface area contributed by atoms with Crippen molar-refractivity contribution in [3.05, 3.63) is 0 Å². The first-order valence-corrected chi connectivity index (χ1v) is 8.21. The van der Waals surface area contributed by atoms with Crippen LogP contribution in [0.15, 0.2) is 0 Å². The average molecular weight is 298 g/mol. The van der Waals surface area contributed by atoms with Crippen molar-refractivity contribution in [2.75, 3.05) is 46.9 Å². The zero-order valence-corrected chi connectivity index (χ0v) is 13.5. The van der Waals surface area contributed by atoms with Crippen molar-refractivity contribution in [2.45, 2.75) is 44.1 Å². The molecule has 1 amide bonds. The predicted octanol–water partition coefficient (Wildman–Crippen LogP) is 1.11. The number of hydrogen-bond acceptors (Lipinski definition) is 4.